The number of halogens is 1. The van der Waals surface area contributed by atoms with E-state index in [0.717, 1.165) is 49.4 Å². The number of hydrogen-bond donors (Lipinski definition) is 1. The summed E-state index contributed by atoms with van der Waals surface area (Å²) in [7, 11) is 1.65. The number of ether oxygens (including phenoxy) is 1. The van der Waals surface area contributed by atoms with Gasteiger partial charge in [0.25, 0.3) is 0 Å². The van der Waals surface area contributed by atoms with E-state index in [4.69, 9.17) is 16.3 Å². The van der Waals surface area contributed by atoms with Crippen LogP contribution in [0.15, 0.2) is 48.5 Å². The predicted octanol–water partition coefficient (Wildman–Crippen LogP) is 4.94. The first-order chi connectivity index (χ1) is 14.5. The Morgan fingerprint density at radius 2 is 1.90 bits per heavy atom. The highest BCUT2D eigenvalue weighted by Crippen LogP contribution is 2.24. The standard InChI is InChI=1S/C24H29ClN2O3/c1-30-22-7-3-2-6-19(22)9-15-24(29)27-16-4-5-18(17-27)8-14-23(28)26-21-12-10-20(25)11-13-21/h2-3,6-7,10-13,18H,4-5,8-9,14-17H2,1H3,(H,26,28)/t18-/m1/s1. The molecule has 30 heavy (non-hydrogen) atoms. The van der Waals surface area contributed by atoms with Crippen LogP contribution in [-0.4, -0.2) is 36.9 Å². The molecule has 1 aliphatic heterocycles. The molecule has 0 spiro atoms. The second kappa shape index (κ2) is 11.0. The maximum atomic E-state index is 12.7. The Kier molecular flexibility index (Phi) is 8.14. The van der Waals surface area contributed by atoms with Gasteiger partial charge in [0.2, 0.25) is 11.8 Å². The first-order valence-corrected chi connectivity index (χ1v) is 10.9. The summed E-state index contributed by atoms with van der Waals surface area (Å²) in [5.41, 5.74) is 1.81. The van der Waals surface area contributed by atoms with Gasteiger partial charge in [-0.2, -0.15) is 0 Å². The van der Waals surface area contributed by atoms with Gasteiger partial charge in [-0.3, -0.25) is 9.59 Å². The van der Waals surface area contributed by atoms with Gasteiger partial charge in [-0.15, -0.1) is 0 Å². The fourth-order valence-corrected chi connectivity index (χ4v) is 4.05. The molecule has 0 unspecified atom stereocenters. The van der Waals surface area contributed by atoms with Crippen LogP contribution in [-0.2, 0) is 16.0 Å². The van der Waals surface area contributed by atoms with Gasteiger partial charge in [0.05, 0.1) is 7.11 Å². The molecule has 2 aromatic rings. The quantitative estimate of drug-likeness (QED) is 0.647. The smallest absolute Gasteiger partial charge is 0.224 e. The summed E-state index contributed by atoms with van der Waals surface area (Å²) in [6.45, 7) is 1.54. The van der Waals surface area contributed by atoms with Crippen LogP contribution in [0, 0.1) is 5.92 Å². The molecule has 3 rings (SSSR count). The van der Waals surface area contributed by atoms with Gasteiger partial charge in [0.15, 0.2) is 0 Å². The molecule has 2 amide bonds. The molecule has 1 saturated heterocycles. The van der Waals surface area contributed by atoms with E-state index in [9.17, 15) is 9.59 Å². The van der Waals surface area contributed by atoms with Crippen LogP contribution in [0.4, 0.5) is 5.69 Å². The number of nitrogens with zero attached hydrogens (tertiary/aromatic N) is 1. The number of nitrogens with one attached hydrogen (secondary N) is 1. The Morgan fingerprint density at radius 1 is 1.13 bits per heavy atom. The van der Waals surface area contributed by atoms with E-state index in [1.165, 1.54) is 0 Å². The lowest BCUT2D eigenvalue weighted by Gasteiger charge is -2.33. The van der Waals surface area contributed by atoms with E-state index in [2.05, 4.69) is 5.32 Å². The van der Waals surface area contributed by atoms with Crippen LogP contribution in [0.5, 0.6) is 5.75 Å². The highest BCUT2D eigenvalue weighted by molar-refractivity contribution is 6.30. The highest BCUT2D eigenvalue weighted by atomic mass is 35.5. The van der Waals surface area contributed by atoms with Gasteiger partial charge in [-0.1, -0.05) is 29.8 Å². The second-order valence-electron chi connectivity index (χ2n) is 7.75. The lowest BCUT2D eigenvalue weighted by molar-refractivity contribution is -0.133. The monoisotopic (exact) mass is 428 g/mol. The van der Waals surface area contributed by atoms with E-state index in [1.807, 2.05) is 29.2 Å². The van der Waals surface area contributed by atoms with Crippen molar-refractivity contribution >= 4 is 29.1 Å². The number of piperidine rings is 1. The molecule has 0 bridgehead atoms. The van der Waals surface area contributed by atoms with Gasteiger partial charge in [0, 0.05) is 36.6 Å². The summed E-state index contributed by atoms with van der Waals surface area (Å²) >= 11 is 5.87. The summed E-state index contributed by atoms with van der Waals surface area (Å²) in [5.74, 6) is 1.37. The highest BCUT2D eigenvalue weighted by Gasteiger charge is 2.24. The number of carbonyl (C=O) groups is 2. The molecule has 0 saturated carbocycles. The summed E-state index contributed by atoms with van der Waals surface area (Å²) in [4.78, 5) is 26.9. The molecule has 1 aliphatic rings. The zero-order chi connectivity index (χ0) is 21.3. The zero-order valence-corrected chi connectivity index (χ0v) is 18.2. The third-order valence-electron chi connectivity index (χ3n) is 5.58. The Labute approximate surface area is 183 Å². The number of likely N-dealkylation sites (tertiary alicyclic amines) is 1. The molecule has 1 fully saturated rings. The molecule has 6 heteroatoms. The van der Waals surface area contributed by atoms with Crippen molar-refractivity contribution in [1.82, 2.24) is 4.90 Å². The number of benzene rings is 2. The first kappa shape index (κ1) is 22.2. The predicted molar refractivity (Wildman–Crippen MR) is 120 cm³/mol. The van der Waals surface area contributed by atoms with Crippen molar-refractivity contribution in [2.45, 2.75) is 38.5 Å². The fraction of sp³-hybridized carbons (Fsp3) is 0.417. The number of anilines is 1. The third kappa shape index (κ3) is 6.49. The molecule has 1 atom stereocenters. The number of para-hydroxylation sites is 1. The zero-order valence-electron chi connectivity index (χ0n) is 17.4. The molecule has 1 N–H and O–H groups in total. The normalized spacial score (nSPS) is 16.2. The summed E-state index contributed by atoms with van der Waals surface area (Å²) in [6, 6.07) is 14.9. The number of carbonyl (C=O) groups excluding carboxylic acids is 2. The van der Waals surface area contributed by atoms with Crippen molar-refractivity contribution in [3.63, 3.8) is 0 Å². The van der Waals surface area contributed by atoms with Crippen molar-refractivity contribution in [2.75, 3.05) is 25.5 Å². The van der Waals surface area contributed by atoms with Gasteiger partial charge in [-0.05, 0) is 67.5 Å². The Hall–Kier alpha value is -2.53. The molecule has 2 aromatic carbocycles. The van der Waals surface area contributed by atoms with Crippen molar-refractivity contribution in [3.8, 4) is 5.75 Å². The van der Waals surface area contributed by atoms with E-state index < -0.39 is 0 Å². The Balaban J connectivity index is 1.43. The van der Waals surface area contributed by atoms with Crippen LogP contribution < -0.4 is 10.1 Å². The third-order valence-corrected chi connectivity index (χ3v) is 5.83. The van der Waals surface area contributed by atoms with Gasteiger partial charge >= 0.3 is 0 Å². The minimum Gasteiger partial charge on any atom is -0.496 e. The van der Waals surface area contributed by atoms with Crippen LogP contribution in [0.1, 0.15) is 37.7 Å². The maximum absolute atomic E-state index is 12.7. The van der Waals surface area contributed by atoms with E-state index in [1.54, 1.807) is 31.4 Å². The fourth-order valence-electron chi connectivity index (χ4n) is 3.93. The number of amides is 2. The van der Waals surface area contributed by atoms with Crippen LogP contribution >= 0.6 is 11.6 Å². The lowest BCUT2D eigenvalue weighted by atomic mass is 9.93. The van der Waals surface area contributed by atoms with E-state index >= 15 is 0 Å². The first-order valence-electron chi connectivity index (χ1n) is 10.5. The lowest BCUT2D eigenvalue weighted by Crippen LogP contribution is -2.40. The van der Waals surface area contributed by atoms with Crippen molar-refractivity contribution in [1.29, 1.82) is 0 Å². The van der Waals surface area contributed by atoms with Gasteiger partial charge in [-0.25, -0.2) is 0 Å². The minimum atomic E-state index is -0.00283. The number of methoxy groups -OCH3 is 1. The van der Waals surface area contributed by atoms with Crippen LogP contribution in [0.3, 0.4) is 0 Å². The molecule has 0 aromatic heterocycles. The maximum Gasteiger partial charge on any atom is 0.224 e. The molecule has 0 radical (unpaired) electrons. The van der Waals surface area contributed by atoms with Gasteiger partial charge in [0.1, 0.15) is 5.75 Å². The van der Waals surface area contributed by atoms with Crippen molar-refractivity contribution in [3.05, 3.63) is 59.1 Å². The molecule has 160 valence electrons. The molecular formula is C24H29ClN2O3. The van der Waals surface area contributed by atoms with E-state index in [-0.39, 0.29) is 11.8 Å². The Morgan fingerprint density at radius 3 is 2.67 bits per heavy atom. The topological polar surface area (TPSA) is 58.6 Å². The summed E-state index contributed by atoms with van der Waals surface area (Å²) in [6.07, 6.45) is 4.44. The molecule has 5 nitrogen and oxygen atoms in total. The summed E-state index contributed by atoms with van der Waals surface area (Å²) < 4.78 is 5.37. The van der Waals surface area contributed by atoms with Crippen molar-refractivity contribution < 1.29 is 14.3 Å². The van der Waals surface area contributed by atoms with Crippen molar-refractivity contribution in [2.24, 2.45) is 5.92 Å². The largest absolute Gasteiger partial charge is 0.496 e. The van der Waals surface area contributed by atoms with Crippen LogP contribution in [0.25, 0.3) is 0 Å². The number of hydrogen-bond acceptors (Lipinski definition) is 3. The SMILES string of the molecule is COc1ccccc1CCC(=O)N1CCC[C@H](CCC(=O)Nc2ccc(Cl)cc2)C1. The molecule has 1 heterocycles. The average Bonchev–Trinajstić information content (AvgIpc) is 2.78. The average molecular weight is 429 g/mol. The molecule has 0 aliphatic carbocycles. The number of aryl methyl sites for hydroxylation is 1. The van der Waals surface area contributed by atoms with E-state index in [0.29, 0.717) is 30.2 Å². The minimum absolute atomic E-state index is 0.00283. The summed E-state index contributed by atoms with van der Waals surface area (Å²) in [5, 5.41) is 3.55. The number of rotatable bonds is 8. The second-order valence-corrected chi connectivity index (χ2v) is 8.19. The van der Waals surface area contributed by atoms with Crippen LogP contribution in [0.2, 0.25) is 5.02 Å². The molecular weight excluding hydrogens is 400 g/mol. The van der Waals surface area contributed by atoms with Gasteiger partial charge < -0.3 is 15.0 Å². The Bertz CT molecular complexity index is 854.